The van der Waals surface area contributed by atoms with Crippen LogP contribution in [0.2, 0.25) is 5.02 Å². The van der Waals surface area contributed by atoms with E-state index in [9.17, 15) is 13.2 Å². The zero-order valence-corrected chi connectivity index (χ0v) is 23.1. The molecular formula is C28H27ClF4N6O3. The van der Waals surface area contributed by atoms with E-state index >= 15 is 4.39 Å². The molecule has 6 aliphatic rings. The number of rotatable bonds is 4. The van der Waals surface area contributed by atoms with E-state index in [2.05, 4.69) is 20.2 Å². The van der Waals surface area contributed by atoms with E-state index in [-0.39, 0.29) is 71.3 Å². The molecule has 0 amide bonds. The van der Waals surface area contributed by atoms with Gasteiger partial charge in [0.15, 0.2) is 5.82 Å². The zero-order chi connectivity index (χ0) is 29.0. The molecule has 0 radical (unpaired) electrons. The summed E-state index contributed by atoms with van der Waals surface area (Å²) >= 11 is 6.00. The lowest BCUT2D eigenvalue weighted by Gasteiger charge is -2.43. The predicted molar refractivity (Wildman–Crippen MR) is 145 cm³/mol. The molecule has 7 heterocycles. The summed E-state index contributed by atoms with van der Waals surface area (Å²) in [5.74, 6) is -0.720. The molecule has 0 unspecified atom stereocenters. The Morgan fingerprint density at radius 2 is 2.00 bits per heavy atom. The predicted octanol–water partition coefficient (Wildman–Crippen LogP) is 4.73. The largest absolute Gasteiger partial charge is 0.477 e. The molecule has 14 heteroatoms. The average Bonchev–Trinajstić information content (AvgIpc) is 3.62. The molecule has 5 fully saturated rings. The van der Waals surface area contributed by atoms with Crippen molar-refractivity contribution in [1.29, 1.82) is 0 Å². The minimum Gasteiger partial charge on any atom is -0.477 e. The van der Waals surface area contributed by atoms with Crippen LogP contribution in [0.25, 0.3) is 22.2 Å². The summed E-state index contributed by atoms with van der Waals surface area (Å²) < 4.78 is 77.0. The number of anilines is 2. The lowest BCUT2D eigenvalue weighted by atomic mass is 9.71. The number of nitrogen functional groups attached to an aromatic ring is 1. The van der Waals surface area contributed by atoms with Crippen LogP contribution in [-0.2, 0) is 10.9 Å². The van der Waals surface area contributed by atoms with Crippen LogP contribution in [-0.4, -0.2) is 65.5 Å². The number of halogens is 5. The Morgan fingerprint density at radius 1 is 1.17 bits per heavy atom. The quantitative estimate of drug-likeness (QED) is 0.322. The molecule has 1 aromatic carbocycles. The summed E-state index contributed by atoms with van der Waals surface area (Å²) in [6, 6.07) is 2.38. The summed E-state index contributed by atoms with van der Waals surface area (Å²) in [5.41, 5.74) is 2.96. The van der Waals surface area contributed by atoms with Crippen LogP contribution in [0, 0.1) is 11.2 Å². The minimum atomic E-state index is -4.91. The van der Waals surface area contributed by atoms with Crippen molar-refractivity contribution in [3.63, 3.8) is 0 Å². The molecule has 0 spiro atoms. The number of aromatic nitrogens is 3. The lowest BCUT2D eigenvalue weighted by molar-refractivity contribution is -0.137. The van der Waals surface area contributed by atoms with Crippen molar-refractivity contribution in [2.75, 3.05) is 37.0 Å². The summed E-state index contributed by atoms with van der Waals surface area (Å²) in [5, 5.41) is 3.18. The molecule has 222 valence electrons. The maximum absolute atomic E-state index is 16.6. The molecular weight excluding hydrogens is 580 g/mol. The van der Waals surface area contributed by atoms with Crippen LogP contribution < -0.4 is 25.4 Å². The first-order valence-electron chi connectivity index (χ1n) is 14.1. The first-order valence-corrected chi connectivity index (χ1v) is 14.4. The average molecular weight is 607 g/mol. The van der Waals surface area contributed by atoms with Crippen LogP contribution in [0.1, 0.15) is 37.7 Å². The number of nitrogens with zero attached hydrogens (tertiary/aromatic N) is 4. The van der Waals surface area contributed by atoms with Crippen LogP contribution >= 0.6 is 11.6 Å². The highest BCUT2D eigenvalue weighted by atomic mass is 35.5. The molecule has 3 atom stereocenters. The third-order valence-corrected chi connectivity index (χ3v) is 9.60. The van der Waals surface area contributed by atoms with E-state index in [0.29, 0.717) is 25.4 Å². The monoisotopic (exact) mass is 606 g/mol. The smallest absolute Gasteiger partial charge is 0.418 e. The third-order valence-electron chi connectivity index (χ3n) is 9.30. The van der Waals surface area contributed by atoms with Crippen molar-refractivity contribution in [2.24, 2.45) is 5.41 Å². The molecule has 3 aromatic rings. The molecule has 5 aliphatic heterocycles. The van der Waals surface area contributed by atoms with Gasteiger partial charge in [0.2, 0.25) is 5.88 Å². The third kappa shape index (κ3) is 4.07. The van der Waals surface area contributed by atoms with Gasteiger partial charge in [-0.1, -0.05) is 11.6 Å². The Hall–Kier alpha value is -3.16. The fraction of sp³-hybridized carbons (Fsp3) is 0.536. The highest BCUT2D eigenvalue weighted by molar-refractivity contribution is 6.32. The Kier molecular flexibility index (Phi) is 5.78. The van der Waals surface area contributed by atoms with Crippen molar-refractivity contribution in [3.05, 3.63) is 28.5 Å². The number of hydrogen-bond acceptors (Lipinski definition) is 9. The van der Waals surface area contributed by atoms with Gasteiger partial charge in [-0.05, 0) is 37.8 Å². The molecule has 4 bridgehead atoms. The van der Waals surface area contributed by atoms with Gasteiger partial charge in [0.05, 0.1) is 36.5 Å². The molecule has 1 aliphatic carbocycles. The number of ether oxygens (including phenoxy) is 3. The molecule has 9 rings (SSSR count). The van der Waals surface area contributed by atoms with E-state index in [4.69, 9.17) is 36.5 Å². The summed E-state index contributed by atoms with van der Waals surface area (Å²) in [6.45, 7) is 1.70. The van der Waals surface area contributed by atoms with Gasteiger partial charge in [0.25, 0.3) is 0 Å². The number of hydrogen-bond donors (Lipinski definition) is 2. The second-order valence-electron chi connectivity index (χ2n) is 12.1. The van der Waals surface area contributed by atoms with Gasteiger partial charge in [-0.25, -0.2) is 9.37 Å². The van der Waals surface area contributed by atoms with Crippen molar-refractivity contribution < 1.29 is 31.8 Å². The van der Waals surface area contributed by atoms with Gasteiger partial charge >= 0.3 is 12.2 Å². The number of nitrogens with two attached hydrogens (primary N) is 1. The Bertz CT molecular complexity index is 1610. The van der Waals surface area contributed by atoms with E-state index in [1.807, 2.05) is 0 Å². The zero-order valence-electron chi connectivity index (χ0n) is 22.3. The molecule has 2 aromatic heterocycles. The standard InChI is InChI=1S/C28H27ClF4N6O3/c29-16-6-12(34)5-15(20(16)28(31,32)33)22-21(30)23-19-24(38-26(37-23)42-11-27-7-14(8-27)41-10-27)39-9-13-1-2-17(35-13)18(39)3-4-40-25(19)36-22/h5-6,13-14,17-18,35H,1-4,7-11,34H2/t13-,14?,17+,18+,27?/m1/s1. The molecule has 4 saturated heterocycles. The van der Waals surface area contributed by atoms with E-state index in [0.717, 1.165) is 37.8 Å². The van der Waals surface area contributed by atoms with Crippen LogP contribution in [0.4, 0.5) is 29.1 Å². The highest BCUT2D eigenvalue weighted by Crippen LogP contribution is 2.51. The van der Waals surface area contributed by atoms with Gasteiger partial charge < -0.3 is 30.2 Å². The van der Waals surface area contributed by atoms with Crippen molar-refractivity contribution >= 4 is 34.0 Å². The fourth-order valence-electron chi connectivity index (χ4n) is 7.34. The number of nitrogens with one attached hydrogen (secondary N) is 1. The summed E-state index contributed by atoms with van der Waals surface area (Å²) in [7, 11) is 0. The maximum Gasteiger partial charge on any atom is 0.418 e. The van der Waals surface area contributed by atoms with Crippen LogP contribution in [0.15, 0.2) is 12.1 Å². The number of alkyl halides is 3. The summed E-state index contributed by atoms with van der Waals surface area (Å²) in [4.78, 5) is 15.6. The second-order valence-corrected chi connectivity index (χ2v) is 12.5. The van der Waals surface area contributed by atoms with Gasteiger partial charge in [-0.15, -0.1) is 0 Å². The first kappa shape index (κ1) is 26.5. The Morgan fingerprint density at radius 3 is 2.76 bits per heavy atom. The normalized spacial score (nSPS) is 29.5. The number of piperazine rings is 1. The van der Waals surface area contributed by atoms with Crippen LogP contribution in [0.3, 0.4) is 0 Å². The highest BCUT2D eigenvalue weighted by Gasteiger charge is 2.52. The first-order chi connectivity index (χ1) is 20.1. The van der Waals surface area contributed by atoms with Gasteiger partial charge in [0, 0.05) is 47.8 Å². The number of fused-ring (bicyclic) bond motifs is 6. The minimum absolute atomic E-state index is 0.0179. The SMILES string of the molecule is Nc1cc(Cl)c(C(F)(F)F)c(-c2nc3c4c(nc(OCC56COC(C5)C6)nc4c2F)N2C[C@H]4CC[C@H](N4)[C@@H]2CCO3)c1. The number of pyridine rings is 1. The number of benzene rings is 1. The van der Waals surface area contributed by atoms with Crippen molar-refractivity contribution in [1.82, 2.24) is 20.3 Å². The molecule has 9 nitrogen and oxygen atoms in total. The van der Waals surface area contributed by atoms with Crippen molar-refractivity contribution in [3.8, 4) is 23.1 Å². The van der Waals surface area contributed by atoms with Gasteiger partial charge in [0.1, 0.15) is 22.4 Å². The fourth-order valence-corrected chi connectivity index (χ4v) is 7.67. The second kappa shape index (κ2) is 9.17. The van der Waals surface area contributed by atoms with E-state index in [1.165, 1.54) is 0 Å². The maximum atomic E-state index is 16.6. The molecule has 3 N–H and O–H groups in total. The van der Waals surface area contributed by atoms with E-state index < -0.39 is 33.8 Å². The Labute approximate surface area is 242 Å². The van der Waals surface area contributed by atoms with Crippen molar-refractivity contribution in [2.45, 2.75) is 62.5 Å². The molecule has 1 saturated carbocycles. The van der Waals surface area contributed by atoms with Gasteiger partial charge in [-0.3, -0.25) is 0 Å². The lowest BCUT2D eigenvalue weighted by Crippen LogP contribution is -2.59. The van der Waals surface area contributed by atoms with Gasteiger partial charge in [-0.2, -0.15) is 23.1 Å². The topological polar surface area (TPSA) is 108 Å². The Balaban J connectivity index is 1.33. The summed E-state index contributed by atoms with van der Waals surface area (Å²) in [6.07, 6.45) is -0.343. The van der Waals surface area contributed by atoms with E-state index in [1.54, 1.807) is 0 Å². The van der Waals surface area contributed by atoms with Crippen LogP contribution in [0.5, 0.6) is 11.9 Å². The molecule has 42 heavy (non-hydrogen) atoms.